The molecule has 1 aliphatic rings. The lowest BCUT2D eigenvalue weighted by atomic mass is 10.2. The normalized spacial score (nSPS) is 16.7. The molecule has 0 radical (unpaired) electrons. The second-order valence-electron chi connectivity index (χ2n) is 5.11. The number of rotatable bonds is 4. The fraction of sp³-hybridized carbons (Fsp3) is 0.235. The third-order valence-corrected chi connectivity index (χ3v) is 4.08. The smallest absolute Gasteiger partial charge is 0.246 e. The van der Waals surface area contributed by atoms with Gasteiger partial charge in [-0.1, -0.05) is 12.1 Å². The van der Waals surface area contributed by atoms with Crippen LogP contribution in [0.2, 0.25) is 0 Å². The number of hydrogen-bond acceptors (Lipinski definition) is 4. The maximum Gasteiger partial charge on any atom is 0.246 e. The van der Waals surface area contributed by atoms with Crippen molar-refractivity contribution in [2.45, 2.75) is 6.10 Å². The van der Waals surface area contributed by atoms with E-state index in [0.717, 1.165) is 17.1 Å². The number of thiophene rings is 1. The van der Waals surface area contributed by atoms with Crippen LogP contribution in [0, 0.1) is 0 Å². The number of ether oxygens (including phenoxy) is 2. The summed E-state index contributed by atoms with van der Waals surface area (Å²) in [6.45, 7) is 0.935. The molecular weight excluding hydrogens is 298 g/mol. The molecule has 0 spiro atoms. The van der Waals surface area contributed by atoms with E-state index >= 15 is 0 Å². The third-order valence-electron chi connectivity index (χ3n) is 3.38. The van der Waals surface area contributed by atoms with Gasteiger partial charge in [0, 0.05) is 13.1 Å². The highest BCUT2D eigenvalue weighted by atomic mass is 32.1. The lowest BCUT2D eigenvalue weighted by Gasteiger charge is -2.29. The van der Waals surface area contributed by atoms with E-state index in [0.29, 0.717) is 13.2 Å². The molecule has 1 aromatic heterocycles. The maximum atomic E-state index is 12.1. The van der Waals surface area contributed by atoms with Crippen molar-refractivity contribution in [2.75, 3.05) is 20.2 Å². The number of benzene rings is 1. The van der Waals surface area contributed by atoms with Gasteiger partial charge in [0.25, 0.3) is 0 Å². The lowest BCUT2D eigenvalue weighted by Crippen LogP contribution is -2.41. The molecule has 0 aliphatic carbocycles. The van der Waals surface area contributed by atoms with Crippen LogP contribution in [0.4, 0.5) is 0 Å². The van der Waals surface area contributed by atoms with E-state index in [1.54, 1.807) is 29.4 Å². The average Bonchev–Trinajstić information content (AvgIpc) is 3.06. The van der Waals surface area contributed by atoms with E-state index in [9.17, 15) is 4.79 Å². The molecule has 1 unspecified atom stereocenters. The Balaban J connectivity index is 1.56. The zero-order chi connectivity index (χ0) is 15.4. The van der Waals surface area contributed by atoms with Crippen molar-refractivity contribution in [3.63, 3.8) is 0 Å². The molecule has 1 amide bonds. The molecule has 3 rings (SSSR count). The van der Waals surface area contributed by atoms with Crippen LogP contribution in [0.3, 0.4) is 0 Å². The summed E-state index contributed by atoms with van der Waals surface area (Å²) in [5, 5.41) is 3.98. The second-order valence-corrected chi connectivity index (χ2v) is 5.89. The highest BCUT2D eigenvalue weighted by Gasteiger charge is 2.22. The fourth-order valence-electron chi connectivity index (χ4n) is 2.21. The molecule has 1 atom stereocenters. The zero-order valence-electron chi connectivity index (χ0n) is 12.3. The van der Waals surface area contributed by atoms with Gasteiger partial charge >= 0.3 is 0 Å². The van der Waals surface area contributed by atoms with Crippen molar-refractivity contribution in [1.29, 1.82) is 0 Å². The van der Waals surface area contributed by atoms with E-state index < -0.39 is 0 Å². The number of likely N-dealkylation sites (N-methyl/N-ethyl adjacent to an activating group) is 1. The molecule has 0 bridgehead atoms. The summed E-state index contributed by atoms with van der Waals surface area (Å²) in [5.74, 6) is 1.44. The van der Waals surface area contributed by atoms with Gasteiger partial charge in [-0.15, -0.1) is 0 Å². The molecule has 0 saturated heterocycles. The van der Waals surface area contributed by atoms with E-state index in [2.05, 4.69) is 0 Å². The van der Waals surface area contributed by atoms with Crippen LogP contribution in [0.5, 0.6) is 11.5 Å². The predicted octanol–water partition coefficient (Wildman–Crippen LogP) is 3.06. The van der Waals surface area contributed by atoms with E-state index in [1.165, 1.54) is 0 Å². The largest absolute Gasteiger partial charge is 0.486 e. The van der Waals surface area contributed by atoms with E-state index in [-0.39, 0.29) is 12.0 Å². The number of fused-ring (bicyclic) bond motifs is 1. The topological polar surface area (TPSA) is 38.8 Å². The summed E-state index contributed by atoms with van der Waals surface area (Å²) in [5.41, 5.74) is 1.04. The van der Waals surface area contributed by atoms with Crippen LogP contribution in [0.1, 0.15) is 5.56 Å². The average molecular weight is 315 g/mol. The van der Waals surface area contributed by atoms with Crippen molar-refractivity contribution in [2.24, 2.45) is 0 Å². The SMILES string of the molecule is CN(CC1COc2ccccc2O1)C(=O)/C=C/c1ccsc1. The second kappa shape index (κ2) is 6.66. The van der Waals surface area contributed by atoms with Gasteiger partial charge in [-0.25, -0.2) is 0 Å². The molecule has 0 fully saturated rings. The number of para-hydroxylation sites is 2. The Kier molecular flexibility index (Phi) is 4.44. The number of carbonyl (C=O) groups excluding carboxylic acids is 1. The standard InChI is InChI=1S/C17H17NO3S/c1-18(17(19)7-6-13-8-9-22-12-13)10-14-11-20-15-4-2-3-5-16(15)21-14/h2-9,12,14H,10-11H2,1H3/b7-6+. The fourth-order valence-corrected chi connectivity index (χ4v) is 2.84. The molecule has 114 valence electrons. The quantitative estimate of drug-likeness (QED) is 0.814. The third kappa shape index (κ3) is 3.49. The summed E-state index contributed by atoms with van der Waals surface area (Å²) in [7, 11) is 1.77. The molecule has 0 N–H and O–H groups in total. The Morgan fingerprint density at radius 3 is 2.95 bits per heavy atom. The van der Waals surface area contributed by atoms with Crippen molar-refractivity contribution in [3.8, 4) is 11.5 Å². The van der Waals surface area contributed by atoms with Crippen LogP contribution in [0.15, 0.2) is 47.2 Å². The summed E-state index contributed by atoms with van der Waals surface area (Å²) in [4.78, 5) is 13.7. The Labute approximate surface area is 133 Å². The van der Waals surface area contributed by atoms with Crippen molar-refractivity contribution in [1.82, 2.24) is 4.90 Å². The van der Waals surface area contributed by atoms with Crippen LogP contribution in [0.25, 0.3) is 6.08 Å². The molecular formula is C17H17NO3S. The van der Waals surface area contributed by atoms with E-state index in [1.807, 2.05) is 47.2 Å². The first-order chi connectivity index (χ1) is 10.7. The van der Waals surface area contributed by atoms with Gasteiger partial charge in [-0.3, -0.25) is 4.79 Å². The van der Waals surface area contributed by atoms with Gasteiger partial charge in [0.05, 0.1) is 6.54 Å². The molecule has 22 heavy (non-hydrogen) atoms. The Hall–Kier alpha value is -2.27. The van der Waals surface area contributed by atoms with Crippen LogP contribution < -0.4 is 9.47 Å². The van der Waals surface area contributed by atoms with Crippen LogP contribution in [-0.2, 0) is 4.79 Å². The number of amides is 1. The number of nitrogens with zero attached hydrogens (tertiary/aromatic N) is 1. The molecule has 4 nitrogen and oxygen atoms in total. The lowest BCUT2D eigenvalue weighted by molar-refractivity contribution is -0.126. The molecule has 1 aromatic carbocycles. The first kappa shape index (κ1) is 14.7. The predicted molar refractivity (Wildman–Crippen MR) is 87.3 cm³/mol. The minimum absolute atomic E-state index is 0.0475. The van der Waals surface area contributed by atoms with Crippen LogP contribution in [-0.4, -0.2) is 37.1 Å². The van der Waals surface area contributed by atoms with E-state index in [4.69, 9.17) is 9.47 Å². The minimum Gasteiger partial charge on any atom is -0.486 e. The first-order valence-electron chi connectivity index (χ1n) is 7.06. The summed E-state index contributed by atoms with van der Waals surface area (Å²) in [6, 6.07) is 9.55. The number of hydrogen-bond donors (Lipinski definition) is 0. The van der Waals surface area contributed by atoms with Crippen molar-refractivity contribution < 1.29 is 14.3 Å². The molecule has 0 saturated carbocycles. The van der Waals surface area contributed by atoms with Gasteiger partial charge in [-0.2, -0.15) is 11.3 Å². The Bertz CT molecular complexity index is 666. The van der Waals surface area contributed by atoms with Gasteiger partial charge in [0.2, 0.25) is 5.91 Å². The minimum atomic E-state index is -0.154. The summed E-state index contributed by atoms with van der Waals surface area (Å²) < 4.78 is 11.5. The first-order valence-corrected chi connectivity index (χ1v) is 8.00. The molecule has 5 heteroatoms. The van der Waals surface area contributed by atoms with Crippen molar-refractivity contribution >= 4 is 23.3 Å². The number of carbonyl (C=O) groups is 1. The Morgan fingerprint density at radius 1 is 1.36 bits per heavy atom. The monoisotopic (exact) mass is 315 g/mol. The Morgan fingerprint density at radius 2 is 2.18 bits per heavy atom. The van der Waals surface area contributed by atoms with Crippen LogP contribution >= 0.6 is 11.3 Å². The van der Waals surface area contributed by atoms with Gasteiger partial charge in [0.1, 0.15) is 6.61 Å². The molecule has 1 aliphatic heterocycles. The summed E-state index contributed by atoms with van der Waals surface area (Å²) in [6.07, 6.45) is 3.25. The van der Waals surface area contributed by atoms with Gasteiger partial charge < -0.3 is 14.4 Å². The van der Waals surface area contributed by atoms with Gasteiger partial charge in [-0.05, 0) is 40.6 Å². The maximum absolute atomic E-state index is 12.1. The highest BCUT2D eigenvalue weighted by molar-refractivity contribution is 7.08. The van der Waals surface area contributed by atoms with Crippen molar-refractivity contribution in [3.05, 3.63) is 52.7 Å². The zero-order valence-corrected chi connectivity index (χ0v) is 13.1. The molecule has 2 heterocycles. The molecule has 2 aromatic rings. The summed E-state index contributed by atoms with van der Waals surface area (Å²) >= 11 is 1.61. The van der Waals surface area contributed by atoms with Gasteiger partial charge in [0.15, 0.2) is 17.6 Å². The highest BCUT2D eigenvalue weighted by Crippen LogP contribution is 2.30.